The molecule has 0 radical (unpaired) electrons. The van der Waals surface area contributed by atoms with Crippen molar-refractivity contribution in [1.82, 2.24) is 10.6 Å². The van der Waals surface area contributed by atoms with Crippen molar-refractivity contribution in [1.29, 1.82) is 0 Å². The maximum absolute atomic E-state index is 11.6. The Labute approximate surface area is 117 Å². The monoisotopic (exact) mass is 312 g/mol. The third-order valence-corrected chi connectivity index (χ3v) is 3.06. The Morgan fingerprint density at radius 3 is 2.56 bits per heavy atom. The molecule has 0 spiro atoms. The Morgan fingerprint density at radius 2 is 2.00 bits per heavy atom. The first-order chi connectivity index (χ1) is 8.28. The van der Waals surface area contributed by atoms with Gasteiger partial charge in [0.2, 0.25) is 5.91 Å². The SMILES string of the molecule is Cc1ccc(CNCC(=O)NC(C)(C)C)c(Br)c1. The van der Waals surface area contributed by atoms with Crippen molar-refractivity contribution in [3.63, 3.8) is 0 Å². The van der Waals surface area contributed by atoms with E-state index >= 15 is 0 Å². The summed E-state index contributed by atoms with van der Waals surface area (Å²) in [5, 5.41) is 6.06. The number of rotatable bonds is 4. The third-order valence-electron chi connectivity index (χ3n) is 2.32. The molecule has 100 valence electrons. The average Bonchev–Trinajstić information content (AvgIpc) is 2.18. The molecule has 0 atom stereocenters. The van der Waals surface area contributed by atoms with Crippen molar-refractivity contribution in [3.05, 3.63) is 33.8 Å². The first-order valence-corrected chi connectivity index (χ1v) is 6.84. The number of carbonyl (C=O) groups is 1. The molecule has 1 aromatic rings. The summed E-state index contributed by atoms with van der Waals surface area (Å²) in [5.41, 5.74) is 2.20. The lowest BCUT2D eigenvalue weighted by atomic mass is 10.1. The summed E-state index contributed by atoms with van der Waals surface area (Å²) < 4.78 is 1.08. The lowest BCUT2D eigenvalue weighted by Gasteiger charge is -2.20. The van der Waals surface area contributed by atoms with Crippen LogP contribution in [0.1, 0.15) is 31.9 Å². The molecule has 0 aromatic heterocycles. The zero-order valence-electron chi connectivity index (χ0n) is 11.4. The molecule has 2 N–H and O–H groups in total. The Bertz CT molecular complexity index is 424. The van der Waals surface area contributed by atoms with Crippen LogP contribution in [0.2, 0.25) is 0 Å². The fourth-order valence-electron chi connectivity index (χ4n) is 1.57. The maximum Gasteiger partial charge on any atom is 0.234 e. The average molecular weight is 313 g/mol. The topological polar surface area (TPSA) is 41.1 Å². The van der Waals surface area contributed by atoms with Gasteiger partial charge in [-0.3, -0.25) is 4.79 Å². The molecular weight excluding hydrogens is 292 g/mol. The van der Waals surface area contributed by atoms with Crippen molar-refractivity contribution < 1.29 is 4.79 Å². The standard InChI is InChI=1S/C14H21BrN2O/c1-10-5-6-11(12(15)7-10)8-16-9-13(18)17-14(2,3)4/h5-7,16H,8-9H2,1-4H3,(H,17,18). The van der Waals surface area contributed by atoms with Crippen molar-refractivity contribution in [2.24, 2.45) is 0 Å². The minimum atomic E-state index is -0.177. The second-order valence-electron chi connectivity index (χ2n) is 5.50. The van der Waals surface area contributed by atoms with Gasteiger partial charge in [-0.15, -0.1) is 0 Å². The van der Waals surface area contributed by atoms with Gasteiger partial charge in [0.15, 0.2) is 0 Å². The minimum absolute atomic E-state index is 0.0192. The van der Waals surface area contributed by atoms with E-state index in [4.69, 9.17) is 0 Å². The zero-order valence-corrected chi connectivity index (χ0v) is 13.0. The number of carbonyl (C=O) groups excluding carboxylic acids is 1. The van der Waals surface area contributed by atoms with E-state index in [-0.39, 0.29) is 11.4 Å². The van der Waals surface area contributed by atoms with E-state index in [1.165, 1.54) is 5.56 Å². The summed E-state index contributed by atoms with van der Waals surface area (Å²) in [6.45, 7) is 8.99. The second kappa shape index (κ2) is 6.34. The summed E-state index contributed by atoms with van der Waals surface area (Å²) in [6, 6.07) is 6.21. The Morgan fingerprint density at radius 1 is 1.33 bits per heavy atom. The number of halogens is 1. The molecular formula is C14H21BrN2O. The van der Waals surface area contributed by atoms with Crippen molar-refractivity contribution in [2.45, 2.75) is 39.8 Å². The van der Waals surface area contributed by atoms with Crippen LogP contribution in [0, 0.1) is 6.92 Å². The number of hydrogen-bond donors (Lipinski definition) is 2. The van der Waals surface area contributed by atoms with Gasteiger partial charge in [0.05, 0.1) is 6.54 Å². The highest BCUT2D eigenvalue weighted by Crippen LogP contribution is 2.17. The molecule has 0 bridgehead atoms. The number of hydrogen-bond acceptors (Lipinski definition) is 2. The fourth-order valence-corrected chi connectivity index (χ4v) is 2.20. The van der Waals surface area contributed by atoms with Crippen LogP contribution in [0.4, 0.5) is 0 Å². The quantitative estimate of drug-likeness (QED) is 0.897. The van der Waals surface area contributed by atoms with E-state index in [0.29, 0.717) is 13.1 Å². The number of nitrogens with one attached hydrogen (secondary N) is 2. The Hall–Kier alpha value is -0.870. The highest BCUT2D eigenvalue weighted by Gasteiger charge is 2.12. The lowest BCUT2D eigenvalue weighted by molar-refractivity contribution is -0.121. The van der Waals surface area contributed by atoms with Gasteiger partial charge in [-0.2, -0.15) is 0 Å². The molecule has 0 aliphatic heterocycles. The Balaban J connectivity index is 2.40. The second-order valence-corrected chi connectivity index (χ2v) is 6.35. The predicted molar refractivity (Wildman–Crippen MR) is 78.5 cm³/mol. The van der Waals surface area contributed by atoms with Gasteiger partial charge in [-0.05, 0) is 44.9 Å². The molecule has 0 heterocycles. The van der Waals surface area contributed by atoms with Gasteiger partial charge in [0, 0.05) is 16.6 Å². The molecule has 0 saturated carbocycles. The lowest BCUT2D eigenvalue weighted by Crippen LogP contribution is -2.44. The molecule has 1 amide bonds. The highest BCUT2D eigenvalue weighted by molar-refractivity contribution is 9.10. The van der Waals surface area contributed by atoms with Crippen LogP contribution >= 0.6 is 15.9 Å². The van der Waals surface area contributed by atoms with E-state index in [9.17, 15) is 4.79 Å². The molecule has 0 aliphatic carbocycles. The zero-order chi connectivity index (χ0) is 13.8. The Kier molecular flexibility index (Phi) is 5.35. The molecule has 4 heteroatoms. The van der Waals surface area contributed by atoms with Gasteiger partial charge in [0.25, 0.3) is 0 Å². The van der Waals surface area contributed by atoms with Crippen LogP contribution in [-0.2, 0) is 11.3 Å². The normalized spacial score (nSPS) is 11.4. The van der Waals surface area contributed by atoms with E-state index in [1.807, 2.05) is 20.8 Å². The van der Waals surface area contributed by atoms with Crippen LogP contribution in [-0.4, -0.2) is 18.0 Å². The summed E-state index contributed by atoms with van der Waals surface area (Å²) in [6.07, 6.45) is 0. The molecule has 0 fully saturated rings. The van der Waals surface area contributed by atoms with Crippen LogP contribution < -0.4 is 10.6 Å². The molecule has 3 nitrogen and oxygen atoms in total. The smallest absolute Gasteiger partial charge is 0.234 e. The molecule has 1 rings (SSSR count). The minimum Gasteiger partial charge on any atom is -0.350 e. The van der Waals surface area contributed by atoms with E-state index in [1.54, 1.807) is 0 Å². The van der Waals surface area contributed by atoms with Gasteiger partial charge < -0.3 is 10.6 Å². The first kappa shape index (κ1) is 15.2. The summed E-state index contributed by atoms with van der Waals surface area (Å²) in [7, 11) is 0. The number of benzene rings is 1. The summed E-state index contributed by atoms with van der Waals surface area (Å²) >= 11 is 3.52. The van der Waals surface area contributed by atoms with E-state index in [0.717, 1.165) is 10.0 Å². The molecule has 0 saturated heterocycles. The maximum atomic E-state index is 11.6. The van der Waals surface area contributed by atoms with Gasteiger partial charge in [-0.1, -0.05) is 28.1 Å². The van der Waals surface area contributed by atoms with Crippen LogP contribution in [0.15, 0.2) is 22.7 Å². The number of aryl methyl sites for hydroxylation is 1. The largest absolute Gasteiger partial charge is 0.350 e. The predicted octanol–water partition coefficient (Wildman–Crippen LogP) is 2.76. The molecule has 0 unspecified atom stereocenters. The molecule has 1 aromatic carbocycles. The third kappa shape index (κ3) is 5.65. The summed E-state index contributed by atoms with van der Waals surface area (Å²) in [5.74, 6) is 0.0192. The van der Waals surface area contributed by atoms with Crippen molar-refractivity contribution in [2.75, 3.05) is 6.54 Å². The summed E-state index contributed by atoms with van der Waals surface area (Å²) in [4.78, 5) is 11.6. The van der Waals surface area contributed by atoms with E-state index < -0.39 is 0 Å². The highest BCUT2D eigenvalue weighted by atomic mass is 79.9. The molecule has 0 aliphatic rings. The van der Waals surface area contributed by atoms with Crippen LogP contribution in [0.5, 0.6) is 0 Å². The fraction of sp³-hybridized carbons (Fsp3) is 0.500. The van der Waals surface area contributed by atoms with Crippen molar-refractivity contribution in [3.8, 4) is 0 Å². The van der Waals surface area contributed by atoms with Crippen LogP contribution in [0.3, 0.4) is 0 Å². The van der Waals surface area contributed by atoms with Gasteiger partial charge in [0.1, 0.15) is 0 Å². The van der Waals surface area contributed by atoms with E-state index in [2.05, 4.69) is 51.7 Å². The first-order valence-electron chi connectivity index (χ1n) is 6.05. The number of amides is 1. The van der Waals surface area contributed by atoms with Gasteiger partial charge in [-0.25, -0.2) is 0 Å². The van der Waals surface area contributed by atoms with Crippen molar-refractivity contribution >= 4 is 21.8 Å². The van der Waals surface area contributed by atoms with Crippen LogP contribution in [0.25, 0.3) is 0 Å². The molecule has 18 heavy (non-hydrogen) atoms. The van der Waals surface area contributed by atoms with Gasteiger partial charge >= 0.3 is 0 Å².